The maximum Gasteiger partial charge on any atom is 0.266 e. The lowest BCUT2D eigenvalue weighted by Crippen LogP contribution is -2.43. The van der Waals surface area contributed by atoms with Crippen molar-refractivity contribution in [3.8, 4) is 0 Å². The van der Waals surface area contributed by atoms with Crippen LogP contribution in [0.15, 0.2) is 76.5 Å². The van der Waals surface area contributed by atoms with Crippen LogP contribution >= 0.6 is 24.0 Å². The maximum atomic E-state index is 12.6. The highest BCUT2D eigenvalue weighted by molar-refractivity contribution is 8.26. The number of carbonyl (C=O) groups is 2. The van der Waals surface area contributed by atoms with Gasteiger partial charge in [-0.2, -0.15) is 0 Å². The number of benzene rings is 2. The van der Waals surface area contributed by atoms with E-state index in [0.717, 1.165) is 22.9 Å². The zero-order valence-electron chi connectivity index (χ0n) is 17.1. The van der Waals surface area contributed by atoms with Crippen molar-refractivity contribution in [2.75, 3.05) is 6.54 Å². The number of allylic oxidation sites excluding steroid dienone is 2. The molecule has 166 valence electrons. The molecular formula is C22H21N3O4S3. The van der Waals surface area contributed by atoms with Crippen LogP contribution in [0.3, 0.4) is 0 Å². The molecule has 1 heterocycles. The third kappa shape index (κ3) is 6.36. The molecule has 2 aromatic carbocycles. The Labute approximate surface area is 196 Å². The van der Waals surface area contributed by atoms with E-state index in [-0.39, 0.29) is 23.8 Å². The molecule has 0 saturated carbocycles. The van der Waals surface area contributed by atoms with Crippen molar-refractivity contribution in [3.63, 3.8) is 0 Å². The first-order valence-corrected chi connectivity index (χ1v) is 12.3. The van der Waals surface area contributed by atoms with E-state index in [1.165, 1.54) is 17.0 Å². The quantitative estimate of drug-likeness (QED) is 0.337. The number of aryl methyl sites for hydroxylation is 1. The summed E-state index contributed by atoms with van der Waals surface area (Å²) in [5, 5.41) is 0. The summed E-state index contributed by atoms with van der Waals surface area (Å²) in [6.07, 6.45) is 5.21. The van der Waals surface area contributed by atoms with Crippen LogP contribution in [0.25, 0.3) is 6.08 Å². The van der Waals surface area contributed by atoms with Gasteiger partial charge in [0.2, 0.25) is 5.91 Å². The van der Waals surface area contributed by atoms with Gasteiger partial charge in [-0.15, -0.1) is 4.83 Å². The summed E-state index contributed by atoms with van der Waals surface area (Å²) in [4.78, 5) is 28.6. The van der Waals surface area contributed by atoms with Crippen LogP contribution in [-0.4, -0.2) is 36.0 Å². The highest BCUT2D eigenvalue weighted by atomic mass is 32.2. The molecule has 0 aromatic heterocycles. The van der Waals surface area contributed by atoms with E-state index >= 15 is 0 Å². The van der Waals surface area contributed by atoms with Crippen molar-refractivity contribution in [2.45, 2.75) is 18.2 Å². The molecule has 0 atom stereocenters. The molecule has 32 heavy (non-hydrogen) atoms. The minimum absolute atomic E-state index is 0.0361. The fourth-order valence-electron chi connectivity index (χ4n) is 2.69. The molecule has 2 N–H and O–H groups in total. The third-order valence-corrected chi connectivity index (χ3v) is 7.09. The molecule has 1 aliphatic rings. The summed E-state index contributed by atoms with van der Waals surface area (Å²) in [6.45, 7) is 1.89. The van der Waals surface area contributed by atoms with Gasteiger partial charge in [-0.25, -0.2) is 8.42 Å². The van der Waals surface area contributed by atoms with Crippen molar-refractivity contribution < 1.29 is 18.0 Å². The van der Waals surface area contributed by atoms with Crippen LogP contribution in [-0.2, 0) is 19.6 Å². The van der Waals surface area contributed by atoms with E-state index in [1.807, 2.05) is 43.3 Å². The van der Waals surface area contributed by atoms with E-state index < -0.39 is 15.9 Å². The summed E-state index contributed by atoms with van der Waals surface area (Å²) in [5.41, 5.74) is 4.08. The first-order valence-electron chi connectivity index (χ1n) is 9.61. The number of sulfonamides is 1. The highest BCUT2D eigenvalue weighted by Crippen LogP contribution is 2.31. The second kappa shape index (κ2) is 10.7. The van der Waals surface area contributed by atoms with Gasteiger partial charge < -0.3 is 0 Å². The van der Waals surface area contributed by atoms with E-state index in [2.05, 4.69) is 10.3 Å². The minimum Gasteiger partial charge on any atom is -0.292 e. The highest BCUT2D eigenvalue weighted by Gasteiger charge is 2.31. The molecular weight excluding hydrogens is 466 g/mol. The van der Waals surface area contributed by atoms with E-state index in [4.69, 9.17) is 12.2 Å². The van der Waals surface area contributed by atoms with Crippen LogP contribution in [0.4, 0.5) is 0 Å². The number of nitrogens with zero attached hydrogens (tertiary/aromatic N) is 1. The van der Waals surface area contributed by atoms with Gasteiger partial charge >= 0.3 is 0 Å². The van der Waals surface area contributed by atoms with Crippen LogP contribution < -0.4 is 10.3 Å². The molecule has 2 amide bonds. The Morgan fingerprint density at radius 1 is 1.12 bits per heavy atom. The first kappa shape index (κ1) is 23.9. The van der Waals surface area contributed by atoms with Gasteiger partial charge in [-0.05, 0) is 30.7 Å². The average Bonchev–Trinajstić information content (AvgIpc) is 3.04. The Morgan fingerprint density at radius 3 is 2.50 bits per heavy atom. The fraction of sp³-hybridized carbons (Fsp3) is 0.136. The topological polar surface area (TPSA) is 95.6 Å². The summed E-state index contributed by atoms with van der Waals surface area (Å²) in [7, 11) is -3.88. The summed E-state index contributed by atoms with van der Waals surface area (Å²) < 4.78 is 24.8. The third-order valence-electron chi connectivity index (χ3n) is 4.43. The van der Waals surface area contributed by atoms with Gasteiger partial charge in [-0.1, -0.05) is 84.2 Å². The minimum atomic E-state index is -3.88. The van der Waals surface area contributed by atoms with Crippen LogP contribution in [0.1, 0.15) is 17.5 Å². The van der Waals surface area contributed by atoms with Crippen molar-refractivity contribution in [1.29, 1.82) is 0 Å². The van der Waals surface area contributed by atoms with Gasteiger partial charge in [-0.3, -0.25) is 19.9 Å². The predicted molar refractivity (Wildman–Crippen MR) is 130 cm³/mol. The van der Waals surface area contributed by atoms with E-state index in [0.29, 0.717) is 9.23 Å². The molecule has 0 aliphatic carbocycles. The Morgan fingerprint density at radius 2 is 1.81 bits per heavy atom. The smallest absolute Gasteiger partial charge is 0.266 e. The number of thiocarbonyl (C=S) groups is 1. The second-order valence-electron chi connectivity index (χ2n) is 6.84. The molecule has 0 bridgehead atoms. The SMILES string of the molecule is Cc1ccc(S(=O)(=O)NNC(=O)CCN2C(=O)C(=CC=Cc3ccccc3)SC2=S)cc1. The predicted octanol–water partition coefficient (Wildman–Crippen LogP) is 3.15. The number of nitrogens with one attached hydrogen (secondary N) is 2. The molecule has 1 fully saturated rings. The lowest BCUT2D eigenvalue weighted by molar-refractivity contribution is -0.124. The Bertz CT molecular complexity index is 1170. The summed E-state index contributed by atoms with van der Waals surface area (Å²) >= 11 is 6.41. The number of carbonyl (C=O) groups excluding carboxylic acids is 2. The molecule has 0 spiro atoms. The van der Waals surface area contributed by atoms with Gasteiger partial charge in [0, 0.05) is 13.0 Å². The van der Waals surface area contributed by atoms with Crippen LogP contribution in [0, 0.1) is 6.92 Å². The summed E-state index contributed by atoms with van der Waals surface area (Å²) in [6, 6.07) is 15.9. The molecule has 3 rings (SSSR count). The van der Waals surface area contributed by atoms with Gasteiger partial charge in [0.1, 0.15) is 4.32 Å². The number of rotatable bonds is 8. The molecule has 7 nitrogen and oxygen atoms in total. The molecule has 10 heteroatoms. The zero-order chi connectivity index (χ0) is 23.1. The molecule has 0 radical (unpaired) electrons. The summed E-state index contributed by atoms with van der Waals surface area (Å²) in [5.74, 6) is -0.867. The molecule has 1 saturated heterocycles. The Hall–Kier alpha value is -2.79. The average molecular weight is 488 g/mol. The van der Waals surface area contributed by atoms with Crippen molar-refractivity contribution in [1.82, 2.24) is 15.2 Å². The normalized spacial score (nSPS) is 15.7. The molecule has 2 aromatic rings. The van der Waals surface area contributed by atoms with Crippen molar-refractivity contribution >= 4 is 56.2 Å². The number of hydrogen-bond acceptors (Lipinski definition) is 6. The lowest BCUT2D eigenvalue weighted by atomic mass is 10.2. The Kier molecular flexibility index (Phi) is 7.97. The second-order valence-corrected chi connectivity index (χ2v) is 10.2. The van der Waals surface area contributed by atoms with Gasteiger partial charge in [0.25, 0.3) is 15.9 Å². The van der Waals surface area contributed by atoms with Crippen LogP contribution in [0.5, 0.6) is 0 Å². The van der Waals surface area contributed by atoms with E-state index in [9.17, 15) is 18.0 Å². The fourth-order valence-corrected chi connectivity index (χ4v) is 4.81. The van der Waals surface area contributed by atoms with E-state index in [1.54, 1.807) is 24.3 Å². The zero-order valence-corrected chi connectivity index (χ0v) is 19.6. The largest absolute Gasteiger partial charge is 0.292 e. The molecule has 0 unspecified atom stereocenters. The monoisotopic (exact) mass is 487 g/mol. The van der Waals surface area contributed by atoms with Crippen molar-refractivity contribution in [3.05, 3.63) is 82.8 Å². The van der Waals surface area contributed by atoms with Gasteiger partial charge in [0.05, 0.1) is 9.80 Å². The number of hydrazine groups is 1. The van der Waals surface area contributed by atoms with Crippen molar-refractivity contribution in [2.24, 2.45) is 0 Å². The standard InChI is InChI=1S/C22H21N3O4S3/c1-16-10-12-18(13-11-16)32(28,29)24-23-20(26)14-15-25-21(27)19(31-22(25)30)9-5-8-17-6-3-2-4-7-17/h2-13,24H,14-15H2,1H3,(H,23,26). The number of hydrogen-bond donors (Lipinski definition) is 2. The Balaban J connectivity index is 1.51. The number of thioether (sulfide) groups is 1. The number of amides is 2. The maximum absolute atomic E-state index is 12.6. The van der Waals surface area contributed by atoms with Gasteiger partial charge in [0.15, 0.2) is 0 Å². The molecule has 1 aliphatic heterocycles. The van der Waals surface area contributed by atoms with Crippen LogP contribution in [0.2, 0.25) is 0 Å². The lowest BCUT2D eigenvalue weighted by Gasteiger charge is -2.14. The first-order chi connectivity index (χ1) is 15.3.